The molecule has 3 heteroatoms. The summed E-state index contributed by atoms with van der Waals surface area (Å²) in [7, 11) is 1.83. The first kappa shape index (κ1) is 12.3. The minimum atomic E-state index is 0.00456. The third kappa shape index (κ3) is 3.66. The Bertz CT molecular complexity index is 172. The highest BCUT2D eigenvalue weighted by molar-refractivity contribution is 5.74. The lowest BCUT2D eigenvalue weighted by molar-refractivity contribution is 0.146. The summed E-state index contributed by atoms with van der Waals surface area (Å²) < 4.78 is 0. The van der Waals surface area contributed by atoms with Crippen LogP contribution in [0.1, 0.15) is 34.6 Å². The van der Waals surface area contributed by atoms with Gasteiger partial charge in [-0.3, -0.25) is 0 Å². The Kier molecular flexibility index (Phi) is 4.24. The van der Waals surface area contributed by atoms with Crippen molar-refractivity contribution in [2.24, 2.45) is 5.41 Å². The summed E-state index contributed by atoms with van der Waals surface area (Å²) in [5, 5.41) is 2.79. The van der Waals surface area contributed by atoms with E-state index in [0.29, 0.717) is 6.54 Å². The van der Waals surface area contributed by atoms with Crippen molar-refractivity contribution >= 4 is 6.03 Å². The van der Waals surface area contributed by atoms with E-state index in [4.69, 9.17) is 0 Å². The summed E-state index contributed by atoms with van der Waals surface area (Å²) >= 11 is 0. The molecule has 0 rings (SSSR count). The average molecular weight is 186 g/mol. The van der Waals surface area contributed by atoms with Gasteiger partial charge in [0.1, 0.15) is 0 Å². The minimum absolute atomic E-state index is 0.00456. The number of amides is 2. The number of carbonyl (C=O) groups is 1. The quantitative estimate of drug-likeness (QED) is 0.703. The molecule has 0 aliphatic carbocycles. The normalized spacial score (nSPS) is 13.7. The van der Waals surface area contributed by atoms with Crippen molar-refractivity contribution < 1.29 is 4.79 Å². The monoisotopic (exact) mass is 186 g/mol. The maximum Gasteiger partial charge on any atom is 0.317 e. The fourth-order valence-corrected chi connectivity index (χ4v) is 1.03. The molecule has 0 saturated heterocycles. The molecular formula is C10H22N2O. The number of rotatable bonds is 2. The number of urea groups is 1. The zero-order chi connectivity index (χ0) is 10.6. The number of hydrogen-bond donors (Lipinski definition) is 1. The number of nitrogens with one attached hydrogen (secondary N) is 1. The van der Waals surface area contributed by atoms with Crippen LogP contribution in [-0.4, -0.2) is 30.6 Å². The van der Waals surface area contributed by atoms with E-state index in [0.717, 1.165) is 0 Å². The van der Waals surface area contributed by atoms with Gasteiger partial charge in [0.05, 0.1) is 0 Å². The van der Waals surface area contributed by atoms with Crippen LogP contribution in [0.5, 0.6) is 0 Å². The Morgan fingerprint density at radius 3 is 2.23 bits per heavy atom. The molecule has 0 aliphatic rings. The second-order valence-corrected chi connectivity index (χ2v) is 4.49. The lowest BCUT2D eigenvalue weighted by Crippen LogP contribution is -2.47. The van der Waals surface area contributed by atoms with Crippen LogP contribution < -0.4 is 5.32 Å². The number of carbonyl (C=O) groups excluding carboxylic acids is 1. The average Bonchev–Trinajstić information content (AvgIpc) is 2.00. The molecule has 0 radical (unpaired) electrons. The first-order valence-corrected chi connectivity index (χ1v) is 4.81. The molecule has 0 spiro atoms. The summed E-state index contributed by atoms with van der Waals surface area (Å²) in [6, 6.07) is 0.240. The van der Waals surface area contributed by atoms with Gasteiger partial charge in [0.15, 0.2) is 0 Å². The van der Waals surface area contributed by atoms with E-state index in [1.807, 2.05) is 14.0 Å². The van der Waals surface area contributed by atoms with Crippen molar-refractivity contribution in [3.8, 4) is 0 Å². The molecule has 0 bridgehead atoms. The van der Waals surface area contributed by atoms with Gasteiger partial charge in [0, 0.05) is 19.6 Å². The molecule has 13 heavy (non-hydrogen) atoms. The summed E-state index contributed by atoms with van der Waals surface area (Å²) in [5.74, 6) is 0. The molecule has 1 N–H and O–H groups in total. The Morgan fingerprint density at radius 2 is 1.92 bits per heavy atom. The van der Waals surface area contributed by atoms with Crippen molar-refractivity contribution in [2.75, 3.05) is 13.6 Å². The first-order valence-electron chi connectivity index (χ1n) is 4.81. The highest BCUT2D eigenvalue weighted by atomic mass is 16.2. The fraction of sp³-hybridized carbons (Fsp3) is 0.900. The maximum atomic E-state index is 11.4. The SMILES string of the molecule is CCNC(=O)N(C)C(C)C(C)(C)C. The van der Waals surface area contributed by atoms with E-state index >= 15 is 0 Å². The molecule has 0 heterocycles. The van der Waals surface area contributed by atoms with Crippen LogP contribution in [0.25, 0.3) is 0 Å². The molecule has 2 amide bonds. The largest absolute Gasteiger partial charge is 0.338 e. The van der Waals surface area contributed by atoms with Crippen LogP contribution in [0, 0.1) is 5.41 Å². The molecule has 3 nitrogen and oxygen atoms in total. The first-order chi connectivity index (χ1) is 5.80. The summed E-state index contributed by atoms with van der Waals surface area (Å²) in [4.78, 5) is 13.2. The highest BCUT2D eigenvalue weighted by Crippen LogP contribution is 2.22. The molecule has 0 aliphatic heterocycles. The molecule has 1 atom stereocenters. The van der Waals surface area contributed by atoms with E-state index in [1.165, 1.54) is 0 Å². The van der Waals surface area contributed by atoms with Crippen molar-refractivity contribution in [1.82, 2.24) is 10.2 Å². The minimum Gasteiger partial charge on any atom is -0.338 e. The molecule has 1 unspecified atom stereocenters. The van der Waals surface area contributed by atoms with Crippen LogP contribution in [0.15, 0.2) is 0 Å². The van der Waals surface area contributed by atoms with Gasteiger partial charge in [0.25, 0.3) is 0 Å². The Hall–Kier alpha value is -0.730. The zero-order valence-electron chi connectivity index (χ0n) is 9.64. The second-order valence-electron chi connectivity index (χ2n) is 4.49. The number of hydrogen-bond acceptors (Lipinski definition) is 1. The van der Waals surface area contributed by atoms with E-state index < -0.39 is 0 Å². The van der Waals surface area contributed by atoms with Gasteiger partial charge in [-0.25, -0.2) is 4.79 Å². The topological polar surface area (TPSA) is 32.3 Å². The molecule has 78 valence electrons. The summed E-state index contributed by atoms with van der Waals surface area (Å²) in [6.07, 6.45) is 0. The lowest BCUT2D eigenvalue weighted by Gasteiger charge is -2.35. The Morgan fingerprint density at radius 1 is 1.46 bits per heavy atom. The molecule has 0 saturated carbocycles. The van der Waals surface area contributed by atoms with Crippen molar-refractivity contribution in [3.63, 3.8) is 0 Å². The van der Waals surface area contributed by atoms with Gasteiger partial charge in [-0.1, -0.05) is 20.8 Å². The van der Waals surface area contributed by atoms with Gasteiger partial charge in [-0.05, 0) is 19.3 Å². The van der Waals surface area contributed by atoms with Crippen molar-refractivity contribution in [3.05, 3.63) is 0 Å². The molecule has 0 aromatic rings. The van der Waals surface area contributed by atoms with E-state index in [-0.39, 0.29) is 17.5 Å². The standard InChI is InChI=1S/C10H22N2O/c1-7-11-9(13)12(6)8(2)10(3,4)5/h8H,7H2,1-6H3,(H,11,13). The Labute approximate surface area is 81.5 Å². The smallest absolute Gasteiger partial charge is 0.317 e. The van der Waals surface area contributed by atoms with Crippen molar-refractivity contribution in [1.29, 1.82) is 0 Å². The summed E-state index contributed by atoms with van der Waals surface area (Å²) in [5.41, 5.74) is 0.125. The van der Waals surface area contributed by atoms with Crippen LogP contribution in [-0.2, 0) is 0 Å². The van der Waals surface area contributed by atoms with Crippen molar-refractivity contribution in [2.45, 2.75) is 40.7 Å². The van der Waals surface area contributed by atoms with Crippen LogP contribution >= 0.6 is 0 Å². The van der Waals surface area contributed by atoms with E-state index in [9.17, 15) is 4.79 Å². The van der Waals surface area contributed by atoms with E-state index in [1.54, 1.807) is 4.90 Å². The van der Waals surface area contributed by atoms with Crippen LogP contribution in [0.2, 0.25) is 0 Å². The highest BCUT2D eigenvalue weighted by Gasteiger charge is 2.26. The zero-order valence-corrected chi connectivity index (χ0v) is 9.64. The fourth-order valence-electron chi connectivity index (χ4n) is 1.03. The van der Waals surface area contributed by atoms with Gasteiger partial charge in [-0.15, -0.1) is 0 Å². The maximum absolute atomic E-state index is 11.4. The molecule has 0 aromatic carbocycles. The van der Waals surface area contributed by atoms with Gasteiger partial charge in [-0.2, -0.15) is 0 Å². The van der Waals surface area contributed by atoms with E-state index in [2.05, 4.69) is 33.0 Å². The molecule has 0 aromatic heterocycles. The third-order valence-corrected chi connectivity index (χ3v) is 2.48. The predicted molar refractivity (Wildman–Crippen MR) is 55.8 cm³/mol. The van der Waals surface area contributed by atoms with Gasteiger partial charge < -0.3 is 10.2 Å². The van der Waals surface area contributed by atoms with Crippen LogP contribution in [0.4, 0.5) is 4.79 Å². The Balaban J connectivity index is 4.25. The second kappa shape index (κ2) is 4.49. The van der Waals surface area contributed by atoms with Gasteiger partial charge in [0.2, 0.25) is 0 Å². The molecular weight excluding hydrogens is 164 g/mol. The van der Waals surface area contributed by atoms with Crippen LogP contribution in [0.3, 0.4) is 0 Å². The number of nitrogens with zero attached hydrogens (tertiary/aromatic N) is 1. The molecule has 0 fully saturated rings. The lowest BCUT2D eigenvalue weighted by atomic mass is 9.87. The van der Waals surface area contributed by atoms with Gasteiger partial charge >= 0.3 is 6.03 Å². The predicted octanol–water partition coefficient (Wildman–Crippen LogP) is 2.08. The summed E-state index contributed by atoms with van der Waals surface area (Å²) in [6.45, 7) is 11.1. The third-order valence-electron chi connectivity index (χ3n) is 2.48.